The summed E-state index contributed by atoms with van der Waals surface area (Å²) in [5.74, 6) is 3.10. The first-order valence-electron chi connectivity index (χ1n) is 13.4. The van der Waals surface area contributed by atoms with E-state index in [0.717, 1.165) is 49.4 Å². The molecule has 32 heavy (non-hydrogen) atoms. The molecule has 4 rings (SSSR count). The fourth-order valence-electron chi connectivity index (χ4n) is 8.47. The maximum Gasteiger partial charge on any atom is 0.330 e. The normalized spacial score (nSPS) is 41.9. The lowest BCUT2D eigenvalue weighted by atomic mass is 9.47. The van der Waals surface area contributed by atoms with Crippen molar-refractivity contribution in [1.82, 2.24) is 0 Å². The molecule has 3 nitrogen and oxygen atoms in total. The van der Waals surface area contributed by atoms with Crippen LogP contribution in [0.1, 0.15) is 106 Å². The van der Waals surface area contributed by atoms with Gasteiger partial charge in [0, 0.05) is 5.57 Å². The van der Waals surface area contributed by atoms with Crippen LogP contribution in [-0.2, 0) is 4.79 Å². The number of carboxylic acids is 1. The van der Waals surface area contributed by atoms with E-state index < -0.39 is 5.97 Å². The lowest BCUT2D eigenvalue weighted by molar-refractivity contribution is -0.132. The van der Waals surface area contributed by atoms with Gasteiger partial charge in [0.1, 0.15) is 0 Å². The van der Waals surface area contributed by atoms with Crippen molar-refractivity contribution in [3.05, 3.63) is 23.3 Å². The number of carbonyl (C=O) groups is 1. The SMILES string of the molecule is C/C(=C\CCC(C)C1CCC2C3CC=C4CC(O)CCC4(C)C3CCC12C)C(=O)O.CC. The summed E-state index contributed by atoms with van der Waals surface area (Å²) in [6.45, 7) is 13.2. The van der Waals surface area contributed by atoms with Crippen LogP contribution in [0.15, 0.2) is 23.3 Å². The molecule has 8 unspecified atom stereocenters. The van der Waals surface area contributed by atoms with Crippen LogP contribution in [0.2, 0.25) is 0 Å². The summed E-state index contributed by atoms with van der Waals surface area (Å²) in [7, 11) is 0. The molecule has 2 N–H and O–H groups in total. The van der Waals surface area contributed by atoms with Gasteiger partial charge in [-0.15, -0.1) is 0 Å². The summed E-state index contributed by atoms with van der Waals surface area (Å²) < 4.78 is 0. The Balaban J connectivity index is 0.00000141. The molecule has 0 aliphatic heterocycles. The molecule has 8 atom stereocenters. The van der Waals surface area contributed by atoms with Crippen molar-refractivity contribution >= 4 is 5.97 Å². The highest BCUT2D eigenvalue weighted by molar-refractivity contribution is 5.85. The number of rotatable bonds is 5. The van der Waals surface area contributed by atoms with Crippen molar-refractivity contribution in [2.75, 3.05) is 0 Å². The number of fused-ring (bicyclic) bond motifs is 5. The van der Waals surface area contributed by atoms with Gasteiger partial charge in [0.15, 0.2) is 0 Å². The zero-order valence-corrected chi connectivity index (χ0v) is 21.5. The molecule has 3 saturated carbocycles. The molecule has 0 radical (unpaired) electrons. The maximum absolute atomic E-state index is 11.1. The minimum atomic E-state index is -0.790. The molecule has 0 heterocycles. The molecule has 0 aromatic carbocycles. The molecule has 0 amide bonds. The van der Waals surface area contributed by atoms with Crippen molar-refractivity contribution in [2.24, 2.45) is 40.4 Å². The second-order valence-electron chi connectivity index (χ2n) is 11.6. The molecular formula is C29H48O3. The highest BCUT2D eigenvalue weighted by Gasteiger charge is 2.59. The van der Waals surface area contributed by atoms with E-state index in [1.165, 1.54) is 38.5 Å². The summed E-state index contributed by atoms with van der Waals surface area (Å²) in [4.78, 5) is 11.1. The lowest BCUT2D eigenvalue weighted by Gasteiger charge is -2.58. The van der Waals surface area contributed by atoms with Gasteiger partial charge in [-0.3, -0.25) is 0 Å². The van der Waals surface area contributed by atoms with Gasteiger partial charge in [-0.05, 0) is 112 Å². The van der Waals surface area contributed by atoms with Gasteiger partial charge in [0.25, 0.3) is 0 Å². The van der Waals surface area contributed by atoms with Crippen LogP contribution in [0.25, 0.3) is 0 Å². The van der Waals surface area contributed by atoms with Crippen LogP contribution < -0.4 is 0 Å². The maximum atomic E-state index is 11.1. The van der Waals surface area contributed by atoms with E-state index >= 15 is 0 Å². The summed E-state index contributed by atoms with van der Waals surface area (Å²) in [5, 5.41) is 19.3. The van der Waals surface area contributed by atoms with E-state index in [9.17, 15) is 9.90 Å². The number of allylic oxidation sites excluding steroid dienone is 2. The smallest absolute Gasteiger partial charge is 0.330 e. The number of aliphatic carboxylic acids is 1. The van der Waals surface area contributed by atoms with Crippen molar-refractivity contribution in [2.45, 2.75) is 112 Å². The first-order chi connectivity index (χ1) is 15.2. The Labute approximate surface area is 196 Å². The zero-order chi connectivity index (χ0) is 23.7. The van der Waals surface area contributed by atoms with Crippen LogP contribution in [0.5, 0.6) is 0 Å². The number of hydrogen-bond acceptors (Lipinski definition) is 2. The Bertz CT molecular complexity index is 737. The Kier molecular flexibility index (Phi) is 8.01. The number of aliphatic hydroxyl groups is 1. The third kappa shape index (κ3) is 4.48. The number of hydrogen-bond donors (Lipinski definition) is 2. The molecule has 4 aliphatic carbocycles. The summed E-state index contributed by atoms with van der Waals surface area (Å²) in [6.07, 6.45) is 16.0. The van der Waals surface area contributed by atoms with Gasteiger partial charge < -0.3 is 10.2 Å². The summed E-state index contributed by atoms with van der Waals surface area (Å²) >= 11 is 0. The molecular weight excluding hydrogens is 396 g/mol. The number of aliphatic hydroxyl groups excluding tert-OH is 1. The van der Waals surface area contributed by atoms with E-state index in [-0.39, 0.29) is 6.10 Å². The van der Waals surface area contributed by atoms with Crippen LogP contribution in [0, 0.1) is 40.4 Å². The molecule has 0 saturated heterocycles. The van der Waals surface area contributed by atoms with E-state index in [0.29, 0.717) is 22.3 Å². The second-order valence-corrected chi connectivity index (χ2v) is 11.6. The highest BCUT2D eigenvalue weighted by atomic mass is 16.4. The monoisotopic (exact) mass is 444 g/mol. The predicted molar refractivity (Wildman–Crippen MR) is 132 cm³/mol. The van der Waals surface area contributed by atoms with E-state index in [1.807, 2.05) is 19.9 Å². The Morgan fingerprint density at radius 2 is 1.88 bits per heavy atom. The molecule has 3 heteroatoms. The fraction of sp³-hybridized carbons (Fsp3) is 0.828. The van der Waals surface area contributed by atoms with Crippen LogP contribution in [0.4, 0.5) is 0 Å². The molecule has 0 spiro atoms. The quantitative estimate of drug-likeness (QED) is 0.343. The van der Waals surface area contributed by atoms with Crippen LogP contribution >= 0.6 is 0 Å². The van der Waals surface area contributed by atoms with Gasteiger partial charge in [0.2, 0.25) is 0 Å². The summed E-state index contributed by atoms with van der Waals surface area (Å²) in [5.41, 5.74) is 2.82. The third-order valence-electron chi connectivity index (χ3n) is 10.2. The van der Waals surface area contributed by atoms with Crippen LogP contribution in [0.3, 0.4) is 0 Å². The van der Waals surface area contributed by atoms with Gasteiger partial charge in [-0.25, -0.2) is 4.79 Å². The Morgan fingerprint density at radius 3 is 2.56 bits per heavy atom. The third-order valence-corrected chi connectivity index (χ3v) is 10.2. The van der Waals surface area contributed by atoms with Crippen molar-refractivity contribution in [3.8, 4) is 0 Å². The molecule has 0 aromatic rings. The largest absolute Gasteiger partial charge is 0.478 e. The van der Waals surface area contributed by atoms with E-state index in [1.54, 1.807) is 12.5 Å². The van der Waals surface area contributed by atoms with Crippen molar-refractivity contribution in [3.63, 3.8) is 0 Å². The average molecular weight is 445 g/mol. The average Bonchev–Trinajstić information content (AvgIpc) is 3.12. The minimum Gasteiger partial charge on any atom is -0.478 e. The fourth-order valence-corrected chi connectivity index (χ4v) is 8.47. The van der Waals surface area contributed by atoms with E-state index in [2.05, 4.69) is 26.8 Å². The van der Waals surface area contributed by atoms with Gasteiger partial charge >= 0.3 is 5.97 Å². The Hall–Kier alpha value is -1.09. The minimum absolute atomic E-state index is 0.120. The molecule has 4 aliphatic rings. The van der Waals surface area contributed by atoms with Crippen molar-refractivity contribution < 1.29 is 15.0 Å². The second kappa shape index (κ2) is 10.0. The summed E-state index contributed by atoms with van der Waals surface area (Å²) in [6, 6.07) is 0. The Morgan fingerprint density at radius 1 is 1.16 bits per heavy atom. The first-order valence-corrected chi connectivity index (χ1v) is 13.4. The predicted octanol–water partition coefficient (Wildman–Crippen LogP) is 7.40. The van der Waals surface area contributed by atoms with E-state index in [4.69, 9.17) is 5.11 Å². The molecule has 182 valence electrons. The molecule has 0 bridgehead atoms. The van der Waals surface area contributed by atoms with Gasteiger partial charge in [-0.2, -0.15) is 0 Å². The van der Waals surface area contributed by atoms with Gasteiger partial charge in [-0.1, -0.05) is 52.3 Å². The first kappa shape index (κ1) is 25.5. The van der Waals surface area contributed by atoms with Crippen molar-refractivity contribution in [1.29, 1.82) is 0 Å². The lowest BCUT2D eigenvalue weighted by Crippen LogP contribution is -2.50. The standard InChI is InChI=1S/C27H42O3.C2H6/c1-17(6-5-7-18(2)25(29)30)22-10-11-23-21-9-8-19-16-20(28)12-14-26(19,3)24(21)13-15-27(22,23)4;1-2/h7-8,17,20-24,28H,5-6,9-16H2,1-4H3,(H,29,30);1-2H3/b18-7+;. The topological polar surface area (TPSA) is 57.5 Å². The number of carboxylic acid groups (broad SMARTS) is 1. The van der Waals surface area contributed by atoms with Crippen LogP contribution in [-0.4, -0.2) is 22.3 Å². The van der Waals surface area contributed by atoms with Gasteiger partial charge in [0.05, 0.1) is 6.10 Å². The highest BCUT2D eigenvalue weighted by Crippen LogP contribution is 2.67. The molecule has 0 aromatic heterocycles. The molecule has 3 fully saturated rings. The zero-order valence-electron chi connectivity index (χ0n) is 21.5.